The third kappa shape index (κ3) is 1.91. The first-order valence-electron chi connectivity index (χ1n) is 4.66. The average molecular weight is 210 g/mol. The Morgan fingerprint density at radius 2 is 2.21 bits per heavy atom. The quantitative estimate of drug-likeness (QED) is 0.745. The van der Waals surface area contributed by atoms with Crippen LogP contribution in [0.5, 0.6) is 5.75 Å². The molecular formula is C11H12ClNO. The maximum atomic E-state index is 9.28. The first kappa shape index (κ1) is 9.56. The Morgan fingerprint density at radius 1 is 1.36 bits per heavy atom. The van der Waals surface area contributed by atoms with E-state index in [9.17, 15) is 5.11 Å². The van der Waals surface area contributed by atoms with Crippen molar-refractivity contribution in [2.45, 2.75) is 6.42 Å². The van der Waals surface area contributed by atoms with Crippen molar-refractivity contribution in [3.05, 3.63) is 34.9 Å². The SMILES string of the molecule is Oc1ccc(C2=CCNCC2)cc1Cl. The van der Waals surface area contributed by atoms with Crippen LogP contribution >= 0.6 is 11.6 Å². The van der Waals surface area contributed by atoms with Crippen LogP contribution in [0.3, 0.4) is 0 Å². The van der Waals surface area contributed by atoms with Crippen LogP contribution in [0.4, 0.5) is 0 Å². The second-order valence-electron chi connectivity index (χ2n) is 3.35. The number of hydrogen-bond donors (Lipinski definition) is 2. The van der Waals surface area contributed by atoms with E-state index < -0.39 is 0 Å². The summed E-state index contributed by atoms with van der Waals surface area (Å²) in [6, 6.07) is 5.35. The summed E-state index contributed by atoms with van der Waals surface area (Å²) in [5.74, 6) is 0.143. The zero-order valence-electron chi connectivity index (χ0n) is 7.76. The lowest BCUT2D eigenvalue weighted by atomic mass is 10.0. The van der Waals surface area contributed by atoms with E-state index in [-0.39, 0.29) is 5.75 Å². The Morgan fingerprint density at radius 3 is 2.86 bits per heavy atom. The molecule has 0 saturated heterocycles. The minimum Gasteiger partial charge on any atom is -0.506 e. The molecule has 0 aromatic heterocycles. The van der Waals surface area contributed by atoms with Crippen molar-refractivity contribution in [1.29, 1.82) is 0 Å². The van der Waals surface area contributed by atoms with E-state index >= 15 is 0 Å². The first-order chi connectivity index (χ1) is 6.77. The van der Waals surface area contributed by atoms with Gasteiger partial charge in [-0.1, -0.05) is 23.7 Å². The normalized spacial score (nSPS) is 16.5. The predicted molar refractivity (Wildman–Crippen MR) is 58.6 cm³/mol. The molecule has 0 bridgehead atoms. The summed E-state index contributed by atoms with van der Waals surface area (Å²) in [5, 5.41) is 12.9. The topological polar surface area (TPSA) is 32.3 Å². The summed E-state index contributed by atoms with van der Waals surface area (Å²) >= 11 is 5.84. The molecule has 1 aliphatic rings. The van der Waals surface area contributed by atoms with Crippen molar-refractivity contribution < 1.29 is 5.11 Å². The number of nitrogens with one attached hydrogen (secondary N) is 1. The van der Waals surface area contributed by atoms with Crippen LogP contribution in [-0.4, -0.2) is 18.2 Å². The minimum absolute atomic E-state index is 0.143. The number of aromatic hydroxyl groups is 1. The molecule has 1 heterocycles. The Kier molecular flexibility index (Phi) is 2.75. The van der Waals surface area contributed by atoms with Crippen molar-refractivity contribution in [3.8, 4) is 5.75 Å². The van der Waals surface area contributed by atoms with Gasteiger partial charge in [-0.15, -0.1) is 0 Å². The predicted octanol–water partition coefficient (Wildman–Crippen LogP) is 2.42. The molecule has 2 rings (SSSR count). The highest BCUT2D eigenvalue weighted by atomic mass is 35.5. The number of hydrogen-bond acceptors (Lipinski definition) is 2. The van der Waals surface area contributed by atoms with Gasteiger partial charge in [0.1, 0.15) is 5.75 Å². The van der Waals surface area contributed by atoms with Gasteiger partial charge in [0.2, 0.25) is 0 Å². The molecule has 14 heavy (non-hydrogen) atoms. The van der Waals surface area contributed by atoms with E-state index in [0.717, 1.165) is 25.1 Å². The van der Waals surface area contributed by atoms with Gasteiger partial charge in [-0.25, -0.2) is 0 Å². The summed E-state index contributed by atoms with van der Waals surface area (Å²) in [7, 11) is 0. The number of rotatable bonds is 1. The number of benzene rings is 1. The highest BCUT2D eigenvalue weighted by Gasteiger charge is 2.07. The molecule has 0 saturated carbocycles. The standard InChI is InChI=1S/C11H12ClNO/c12-10-7-9(1-2-11(10)14)8-3-5-13-6-4-8/h1-3,7,13-14H,4-6H2. The third-order valence-electron chi connectivity index (χ3n) is 2.38. The van der Waals surface area contributed by atoms with Gasteiger partial charge in [0, 0.05) is 6.54 Å². The van der Waals surface area contributed by atoms with Crippen LogP contribution < -0.4 is 5.32 Å². The highest BCUT2D eigenvalue weighted by Crippen LogP contribution is 2.28. The third-order valence-corrected chi connectivity index (χ3v) is 2.69. The molecular weight excluding hydrogens is 198 g/mol. The van der Waals surface area contributed by atoms with Crippen LogP contribution in [-0.2, 0) is 0 Å². The number of phenols is 1. The molecule has 74 valence electrons. The fourth-order valence-corrected chi connectivity index (χ4v) is 1.77. The van der Waals surface area contributed by atoms with Gasteiger partial charge in [0.15, 0.2) is 0 Å². The van der Waals surface area contributed by atoms with Crippen molar-refractivity contribution in [2.75, 3.05) is 13.1 Å². The lowest BCUT2D eigenvalue weighted by molar-refractivity contribution is 0.475. The summed E-state index contributed by atoms with van der Waals surface area (Å²) in [6.45, 7) is 1.91. The monoisotopic (exact) mass is 209 g/mol. The lowest BCUT2D eigenvalue weighted by Crippen LogP contribution is -2.19. The largest absolute Gasteiger partial charge is 0.506 e. The molecule has 2 nitrogen and oxygen atoms in total. The molecule has 0 atom stereocenters. The van der Waals surface area contributed by atoms with Crippen molar-refractivity contribution >= 4 is 17.2 Å². The molecule has 0 unspecified atom stereocenters. The van der Waals surface area contributed by atoms with E-state index in [0.29, 0.717) is 5.02 Å². The van der Waals surface area contributed by atoms with Gasteiger partial charge < -0.3 is 10.4 Å². The summed E-state index contributed by atoms with van der Waals surface area (Å²) in [5.41, 5.74) is 2.40. The van der Waals surface area contributed by atoms with Gasteiger partial charge in [-0.3, -0.25) is 0 Å². The summed E-state index contributed by atoms with van der Waals surface area (Å²) < 4.78 is 0. The summed E-state index contributed by atoms with van der Waals surface area (Å²) in [4.78, 5) is 0. The zero-order valence-corrected chi connectivity index (χ0v) is 8.51. The molecule has 1 aromatic rings. The lowest BCUT2D eigenvalue weighted by Gasteiger charge is -2.14. The fourth-order valence-electron chi connectivity index (χ4n) is 1.59. The van der Waals surface area contributed by atoms with Crippen molar-refractivity contribution in [3.63, 3.8) is 0 Å². The second-order valence-corrected chi connectivity index (χ2v) is 3.76. The molecule has 0 spiro atoms. The van der Waals surface area contributed by atoms with Crippen molar-refractivity contribution in [1.82, 2.24) is 5.32 Å². The zero-order chi connectivity index (χ0) is 9.97. The van der Waals surface area contributed by atoms with E-state index in [4.69, 9.17) is 11.6 Å². The Bertz CT molecular complexity index is 374. The average Bonchev–Trinajstić information content (AvgIpc) is 2.23. The number of halogens is 1. The molecule has 0 radical (unpaired) electrons. The molecule has 1 aromatic carbocycles. The van der Waals surface area contributed by atoms with E-state index in [1.165, 1.54) is 5.57 Å². The molecule has 0 aliphatic carbocycles. The molecule has 1 aliphatic heterocycles. The molecule has 0 fully saturated rings. The van der Waals surface area contributed by atoms with Crippen LogP contribution in [0.2, 0.25) is 5.02 Å². The van der Waals surface area contributed by atoms with E-state index in [1.54, 1.807) is 6.07 Å². The Hall–Kier alpha value is -0.990. The van der Waals surface area contributed by atoms with Gasteiger partial charge in [-0.05, 0) is 36.2 Å². The summed E-state index contributed by atoms with van der Waals surface area (Å²) in [6.07, 6.45) is 3.17. The smallest absolute Gasteiger partial charge is 0.134 e. The maximum absolute atomic E-state index is 9.28. The Labute approximate surface area is 88.2 Å². The van der Waals surface area contributed by atoms with Crippen LogP contribution in [0.1, 0.15) is 12.0 Å². The van der Waals surface area contributed by atoms with Gasteiger partial charge in [0.05, 0.1) is 5.02 Å². The Balaban J connectivity index is 2.32. The minimum atomic E-state index is 0.143. The van der Waals surface area contributed by atoms with E-state index in [1.807, 2.05) is 12.1 Å². The van der Waals surface area contributed by atoms with Crippen LogP contribution in [0.25, 0.3) is 5.57 Å². The van der Waals surface area contributed by atoms with Gasteiger partial charge in [-0.2, -0.15) is 0 Å². The second kappa shape index (κ2) is 4.03. The molecule has 3 heteroatoms. The molecule has 0 amide bonds. The fraction of sp³-hybridized carbons (Fsp3) is 0.273. The maximum Gasteiger partial charge on any atom is 0.134 e. The first-order valence-corrected chi connectivity index (χ1v) is 5.04. The van der Waals surface area contributed by atoms with Crippen molar-refractivity contribution in [2.24, 2.45) is 0 Å². The van der Waals surface area contributed by atoms with Gasteiger partial charge in [0.25, 0.3) is 0 Å². The van der Waals surface area contributed by atoms with E-state index in [2.05, 4.69) is 11.4 Å². The van der Waals surface area contributed by atoms with Crippen LogP contribution in [0, 0.1) is 0 Å². The molecule has 2 N–H and O–H groups in total. The highest BCUT2D eigenvalue weighted by molar-refractivity contribution is 6.32. The number of phenolic OH excluding ortho intramolecular Hbond substituents is 1. The van der Waals surface area contributed by atoms with Crippen LogP contribution in [0.15, 0.2) is 24.3 Å². The van der Waals surface area contributed by atoms with Gasteiger partial charge >= 0.3 is 0 Å².